The molecule has 0 radical (unpaired) electrons. The van der Waals surface area contributed by atoms with E-state index in [1.54, 1.807) is 19.1 Å². The standard InChI is InChI=1S/C23H25FN5OP/c1-14(2)28-10-23(11-28)12-29(22(31)30-23)16-7-8-18-17(9-16)21(26-13-25-18)27-19-6-4-5-15(3)20(19)24/h4-9,13-14,31H,10-12H2,1-3H3,(H,25,26,27). The van der Waals surface area contributed by atoms with Crippen LogP contribution in [0.15, 0.2) is 42.7 Å². The molecule has 0 unspecified atom stereocenters. The molecule has 2 aliphatic rings. The second-order valence-electron chi connectivity index (χ2n) is 8.66. The monoisotopic (exact) mass is 437 g/mol. The molecule has 0 bridgehead atoms. The summed E-state index contributed by atoms with van der Waals surface area (Å²) in [7, 11) is 3.67. The molecule has 0 amide bonds. The molecule has 1 N–H and O–H groups in total. The molecular formula is C23H25FN5OP. The van der Waals surface area contributed by atoms with Gasteiger partial charge in [-0.2, -0.15) is 0 Å². The van der Waals surface area contributed by atoms with Gasteiger partial charge in [0.15, 0.2) is 5.60 Å². The molecule has 3 heterocycles. The minimum Gasteiger partial charge on any atom is -0.337 e. The van der Waals surface area contributed by atoms with Gasteiger partial charge in [0.1, 0.15) is 23.6 Å². The van der Waals surface area contributed by atoms with Crippen molar-refractivity contribution in [2.45, 2.75) is 32.4 Å². The van der Waals surface area contributed by atoms with Gasteiger partial charge in [-0.15, -0.1) is 0 Å². The lowest BCUT2D eigenvalue weighted by molar-refractivity contribution is -0.0751. The first kappa shape index (κ1) is 20.3. The average molecular weight is 437 g/mol. The lowest BCUT2D eigenvalue weighted by Crippen LogP contribution is -2.65. The van der Waals surface area contributed by atoms with E-state index in [-0.39, 0.29) is 11.4 Å². The summed E-state index contributed by atoms with van der Waals surface area (Å²) in [5, 5.41) is 3.96. The van der Waals surface area contributed by atoms with Crippen LogP contribution >= 0.6 is 8.86 Å². The third-order valence-corrected chi connectivity index (χ3v) is 6.46. The third kappa shape index (κ3) is 3.57. The lowest BCUT2D eigenvalue weighted by atomic mass is 9.92. The fourth-order valence-corrected chi connectivity index (χ4v) is 4.69. The van der Waals surface area contributed by atoms with Gasteiger partial charge in [0.25, 0.3) is 0 Å². The van der Waals surface area contributed by atoms with Gasteiger partial charge >= 0.3 is 0 Å². The number of anilines is 3. The Morgan fingerprint density at radius 1 is 1.16 bits per heavy atom. The number of ether oxygens (including phenoxy) is 1. The van der Waals surface area contributed by atoms with Crippen LogP contribution in [0.4, 0.5) is 21.6 Å². The number of aromatic nitrogens is 2. The molecule has 0 atom stereocenters. The first-order chi connectivity index (χ1) is 14.8. The molecule has 0 aliphatic carbocycles. The zero-order valence-corrected chi connectivity index (χ0v) is 18.8. The van der Waals surface area contributed by atoms with E-state index in [1.165, 1.54) is 6.33 Å². The van der Waals surface area contributed by atoms with Crippen LogP contribution in [-0.2, 0) is 4.74 Å². The highest BCUT2D eigenvalue weighted by Crippen LogP contribution is 2.37. The molecule has 5 rings (SSSR count). The third-order valence-electron chi connectivity index (χ3n) is 6.09. The van der Waals surface area contributed by atoms with Crippen LogP contribution in [0.5, 0.6) is 0 Å². The highest BCUT2D eigenvalue weighted by molar-refractivity contribution is 7.21. The van der Waals surface area contributed by atoms with Crippen molar-refractivity contribution >= 4 is 42.6 Å². The summed E-state index contributed by atoms with van der Waals surface area (Å²) in [6.07, 6.45) is 1.49. The Labute approximate surface area is 183 Å². The Morgan fingerprint density at radius 3 is 2.74 bits per heavy atom. The minimum atomic E-state index is -0.282. The Morgan fingerprint density at radius 2 is 1.97 bits per heavy atom. The maximum Gasteiger partial charge on any atom is 0.168 e. The fraction of sp³-hybridized carbons (Fsp3) is 0.348. The van der Waals surface area contributed by atoms with Crippen molar-refractivity contribution in [3.63, 3.8) is 0 Å². The molecule has 160 valence electrons. The van der Waals surface area contributed by atoms with E-state index < -0.39 is 0 Å². The largest absolute Gasteiger partial charge is 0.337 e. The molecule has 1 aromatic heterocycles. The molecule has 31 heavy (non-hydrogen) atoms. The Hall–Kier alpha value is -2.60. The topological polar surface area (TPSA) is 53.5 Å². The van der Waals surface area contributed by atoms with Crippen molar-refractivity contribution in [2.24, 2.45) is 0 Å². The van der Waals surface area contributed by atoms with Gasteiger partial charge in [0.2, 0.25) is 0 Å². The van der Waals surface area contributed by atoms with E-state index in [9.17, 15) is 4.39 Å². The Kier molecular flexibility index (Phi) is 4.93. The van der Waals surface area contributed by atoms with Crippen molar-refractivity contribution in [1.29, 1.82) is 0 Å². The summed E-state index contributed by atoms with van der Waals surface area (Å²) in [5.74, 6) is 0.284. The van der Waals surface area contributed by atoms with Crippen molar-refractivity contribution in [3.8, 4) is 0 Å². The van der Waals surface area contributed by atoms with E-state index in [0.717, 1.165) is 36.2 Å². The molecular weight excluding hydrogens is 412 g/mol. The maximum atomic E-state index is 14.5. The first-order valence-corrected chi connectivity index (χ1v) is 10.9. The number of fused-ring (bicyclic) bond motifs is 1. The summed E-state index contributed by atoms with van der Waals surface area (Å²) >= 11 is 0. The van der Waals surface area contributed by atoms with Crippen LogP contribution in [0.2, 0.25) is 0 Å². The summed E-state index contributed by atoms with van der Waals surface area (Å²) in [6.45, 7) is 8.73. The second kappa shape index (κ2) is 7.52. The van der Waals surface area contributed by atoms with E-state index in [2.05, 4.69) is 47.8 Å². The smallest absolute Gasteiger partial charge is 0.168 e. The molecule has 3 aromatic rings. The van der Waals surface area contributed by atoms with Gasteiger partial charge < -0.3 is 15.0 Å². The van der Waals surface area contributed by atoms with Crippen molar-refractivity contribution < 1.29 is 9.13 Å². The molecule has 2 fully saturated rings. The van der Waals surface area contributed by atoms with Crippen LogP contribution in [-0.4, -0.2) is 51.7 Å². The van der Waals surface area contributed by atoms with Crippen molar-refractivity contribution in [1.82, 2.24) is 14.9 Å². The van der Waals surface area contributed by atoms with Crippen LogP contribution < -0.4 is 10.2 Å². The van der Waals surface area contributed by atoms with E-state index in [4.69, 9.17) is 4.74 Å². The summed E-state index contributed by atoms with van der Waals surface area (Å²) in [5.41, 5.74) is 3.25. The van der Waals surface area contributed by atoms with Gasteiger partial charge in [-0.3, -0.25) is 4.90 Å². The SMILES string of the molecule is Cc1cccc(Nc2ncnc3ccc(N4CC5(CN(C(C)C)C5)OC4=P)cc23)c1F. The average Bonchev–Trinajstić information content (AvgIpc) is 3.08. The van der Waals surface area contributed by atoms with Gasteiger partial charge in [-0.1, -0.05) is 21.0 Å². The van der Waals surface area contributed by atoms with Crippen LogP contribution in [0.3, 0.4) is 0 Å². The normalized spacial score (nSPS) is 18.2. The van der Waals surface area contributed by atoms with Crippen molar-refractivity contribution in [3.05, 3.63) is 54.1 Å². The van der Waals surface area contributed by atoms with Crippen LogP contribution in [0.25, 0.3) is 10.9 Å². The predicted octanol–water partition coefficient (Wildman–Crippen LogP) is 4.35. The van der Waals surface area contributed by atoms with E-state index in [1.807, 2.05) is 24.3 Å². The minimum absolute atomic E-state index is 0.185. The Balaban J connectivity index is 1.46. The lowest BCUT2D eigenvalue weighted by Gasteiger charge is -2.48. The zero-order chi connectivity index (χ0) is 21.8. The molecule has 8 heteroatoms. The molecule has 2 aliphatic heterocycles. The van der Waals surface area contributed by atoms with E-state index in [0.29, 0.717) is 28.7 Å². The van der Waals surface area contributed by atoms with Crippen LogP contribution in [0.1, 0.15) is 19.4 Å². The van der Waals surface area contributed by atoms with Gasteiger partial charge in [-0.25, -0.2) is 14.4 Å². The second-order valence-corrected chi connectivity index (χ2v) is 9.09. The summed E-state index contributed by atoms with van der Waals surface area (Å²) in [4.78, 5) is 13.3. The van der Waals surface area contributed by atoms with E-state index >= 15 is 0 Å². The number of hydrogen-bond acceptors (Lipinski definition) is 5. The zero-order valence-electron chi connectivity index (χ0n) is 17.8. The number of hydrogen-bond donors (Lipinski definition) is 1. The van der Waals surface area contributed by atoms with Crippen LogP contribution in [0, 0.1) is 12.7 Å². The van der Waals surface area contributed by atoms with Crippen molar-refractivity contribution in [2.75, 3.05) is 29.9 Å². The molecule has 2 aromatic carbocycles. The Bertz CT molecular complexity index is 1180. The first-order valence-electron chi connectivity index (χ1n) is 10.4. The predicted molar refractivity (Wildman–Crippen MR) is 125 cm³/mol. The molecule has 6 nitrogen and oxygen atoms in total. The fourth-order valence-electron chi connectivity index (χ4n) is 4.27. The number of aryl methyl sites for hydroxylation is 1. The summed E-state index contributed by atoms with van der Waals surface area (Å²) < 4.78 is 20.8. The quantitative estimate of drug-likeness (QED) is 0.613. The number of rotatable bonds is 4. The van der Waals surface area contributed by atoms with Gasteiger partial charge in [0, 0.05) is 30.2 Å². The maximum absolute atomic E-state index is 14.5. The number of nitrogens with zero attached hydrogens (tertiary/aromatic N) is 4. The number of nitrogens with one attached hydrogen (secondary N) is 1. The summed E-state index contributed by atoms with van der Waals surface area (Å²) in [6, 6.07) is 11.8. The molecule has 0 saturated carbocycles. The molecule has 2 saturated heterocycles. The number of likely N-dealkylation sites (tertiary alicyclic amines) is 1. The molecule has 1 spiro atoms. The highest BCUT2D eigenvalue weighted by Gasteiger charge is 2.51. The van der Waals surface area contributed by atoms with Gasteiger partial charge in [-0.05, 0) is 50.6 Å². The number of benzene rings is 2. The highest BCUT2D eigenvalue weighted by atomic mass is 31.0. The number of halogens is 1. The van der Waals surface area contributed by atoms with Gasteiger partial charge in [0.05, 0.1) is 17.7 Å².